The van der Waals surface area contributed by atoms with Gasteiger partial charge in [-0.2, -0.15) is 0 Å². The monoisotopic (exact) mass is 215 g/mol. The molecule has 1 rings (SSSR count). The van der Waals surface area contributed by atoms with E-state index in [9.17, 15) is 4.79 Å². The number of hydrogen-bond donors (Lipinski definition) is 3. The summed E-state index contributed by atoms with van der Waals surface area (Å²) in [6.45, 7) is 0. The van der Waals surface area contributed by atoms with Crippen molar-refractivity contribution in [2.75, 3.05) is 0 Å². The van der Waals surface area contributed by atoms with Gasteiger partial charge in [0.2, 0.25) is 0 Å². The minimum absolute atomic E-state index is 0.220. The molecule has 5 heteroatoms. The first-order valence-electron chi connectivity index (χ1n) is 4.96. The van der Waals surface area contributed by atoms with E-state index in [0.717, 1.165) is 12.8 Å². The zero-order valence-corrected chi connectivity index (χ0v) is 8.98. The summed E-state index contributed by atoms with van der Waals surface area (Å²) in [4.78, 5) is 11.1. The maximum atomic E-state index is 10.8. The highest BCUT2D eigenvalue weighted by molar-refractivity contribution is 7.80. The van der Waals surface area contributed by atoms with Gasteiger partial charge in [-0.05, 0) is 18.8 Å². The molecule has 1 unspecified atom stereocenters. The average Bonchev–Trinajstić information content (AvgIpc) is 2.15. The normalized spacial score (nSPS) is 20.0. The molecule has 0 radical (unpaired) electrons. The van der Waals surface area contributed by atoms with Crippen LogP contribution in [0.15, 0.2) is 0 Å². The second-order valence-electron chi connectivity index (χ2n) is 3.79. The largest absolute Gasteiger partial charge is 0.392 e. The van der Waals surface area contributed by atoms with E-state index in [1.807, 2.05) is 0 Å². The number of hydrogen-bond acceptors (Lipinski definition) is 2. The molecule has 0 aliphatic heterocycles. The van der Waals surface area contributed by atoms with Gasteiger partial charge in [-0.15, -0.1) is 0 Å². The molecule has 2 amide bonds. The fourth-order valence-corrected chi connectivity index (χ4v) is 2.29. The number of nitrogens with two attached hydrogens (primary N) is 2. The summed E-state index contributed by atoms with van der Waals surface area (Å²) in [6, 6.07) is -0.767. The van der Waals surface area contributed by atoms with Crippen molar-refractivity contribution < 1.29 is 4.79 Å². The van der Waals surface area contributed by atoms with Gasteiger partial charge in [-0.3, -0.25) is 0 Å². The lowest BCUT2D eigenvalue weighted by molar-refractivity contribution is 0.239. The third-order valence-electron chi connectivity index (χ3n) is 2.73. The van der Waals surface area contributed by atoms with E-state index in [4.69, 9.17) is 23.7 Å². The Morgan fingerprint density at radius 1 is 1.29 bits per heavy atom. The van der Waals surface area contributed by atoms with E-state index < -0.39 is 6.03 Å². The molecule has 1 aliphatic rings. The fourth-order valence-electron chi connectivity index (χ4n) is 2.04. The first-order valence-corrected chi connectivity index (χ1v) is 5.37. The minimum Gasteiger partial charge on any atom is -0.392 e. The summed E-state index contributed by atoms with van der Waals surface area (Å²) in [5.74, 6) is 0.369. The molecule has 0 saturated heterocycles. The lowest BCUT2D eigenvalue weighted by Gasteiger charge is -2.29. The van der Waals surface area contributed by atoms with Crippen LogP contribution >= 0.6 is 12.2 Å². The van der Waals surface area contributed by atoms with Gasteiger partial charge in [0.05, 0.1) is 11.0 Å². The van der Waals surface area contributed by atoms with Crippen LogP contribution in [0.5, 0.6) is 0 Å². The Balaban J connectivity index is 2.56. The van der Waals surface area contributed by atoms with Crippen molar-refractivity contribution in [2.24, 2.45) is 17.4 Å². The Labute approximate surface area is 89.4 Å². The van der Waals surface area contributed by atoms with Crippen molar-refractivity contribution in [3.8, 4) is 0 Å². The van der Waals surface area contributed by atoms with Crippen LogP contribution in [-0.2, 0) is 0 Å². The van der Waals surface area contributed by atoms with E-state index in [1.165, 1.54) is 19.3 Å². The van der Waals surface area contributed by atoms with Crippen LogP contribution in [0.3, 0.4) is 0 Å². The van der Waals surface area contributed by atoms with E-state index in [2.05, 4.69) is 5.32 Å². The summed E-state index contributed by atoms with van der Waals surface area (Å²) in [6.07, 6.45) is 5.77. The van der Waals surface area contributed by atoms with Crippen LogP contribution in [0, 0.1) is 5.92 Å². The molecule has 1 saturated carbocycles. The van der Waals surface area contributed by atoms with Gasteiger partial charge in [-0.1, -0.05) is 31.5 Å². The smallest absolute Gasteiger partial charge is 0.312 e. The van der Waals surface area contributed by atoms with Crippen molar-refractivity contribution in [1.29, 1.82) is 0 Å². The van der Waals surface area contributed by atoms with Crippen molar-refractivity contribution in [3.05, 3.63) is 0 Å². The Morgan fingerprint density at radius 3 is 2.29 bits per heavy atom. The van der Waals surface area contributed by atoms with Gasteiger partial charge < -0.3 is 16.8 Å². The number of nitrogens with one attached hydrogen (secondary N) is 1. The predicted octanol–water partition coefficient (Wildman–Crippen LogP) is 0.890. The van der Waals surface area contributed by atoms with E-state index in [0.29, 0.717) is 10.9 Å². The third kappa shape index (κ3) is 3.14. The standard InChI is InChI=1S/C9H17N3OS/c10-8(14)7(12-9(11)13)6-4-2-1-3-5-6/h6-7H,1-5H2,(H2,10,14)(H3,11,12,13). The molecule has 4 nitrogen and oxygen atoms in total. The van der Waals surface area contributed by atoms with Crippen molar-refractivity contribution in [1.82, 2.24) is 5.32 Å². The number of urea groups is 1. The quantitative estimate of drug-likeness (QED) is 0.611. The Kier molecular flexibility index (Phi) is 4.13. The second kappa shape index (κ2) is 5.14. The average molecular weight is 215 g/mol. The van der Waals surface area contributed by atoms with Crippen molar-refractivity contribution in [2.45, 2.75) is 38.1 Å². The minimum atomic E-state index is -0.548. The van der Waals surface area contributed by atoms with Gasteiger partial charge in [0.25, 0.3) is 0 Å². The summed E-state index contributed by atoms with van der Waals surface area (Å²) >= 11 is 4.92. The van der Waals surface area contributed by atoms with Crippen LogP contribution in [0.4, 0.5) is 4.79 Å². The van der Waals surface area contributed by atoms with Crippen LogP contribution < -0.4 is 16.8 Å². The first kappa shape index (κ1) is 11.2. The van der Waals surface area contributed by atoms with Gasteiger partial charge >= 0.3 is 6.03 Å². The molecule has 1 fully saturated rings. The zero-order chi connectivity index (χ0) is 10.6. The molecule has 0 bridgehead atoms. The molecule has 0 spiro atoms. The summed E-state index contributed by atoms with van der Waals surface area (Å²) in [7, 11) is 0. The van der Waals surface area contributed by atoms with E-state index >= 15 is 0 Å². The van der Waals surface area contributed by atoms with Gasteiger partial charge in [0, 0.05) is 0 Å². The van der Waals surface area contributed by atoms with Gasteiger partial charge in [0.1, 0.15) is 0 Å². The predicted molar refractivity (Wildman–Crippen MR) is 59.9 cm³/mol. The van der Waals surface area contributed by atoms with E-state index in [-0.39, 0.29) is 6.04 Å². The van der Waals surface area contributed by atoms with Crippen molar-refractivity contribution >= 4 is 23.2 Å². The maximum absolute atomic E-state index is 10.8. The van der Waals surface area contributed by atoms with Crippen LogP contribution in [0.1, 0.15) is 32.1 Å². The van der Waals surface area contributed by atoms with Crippen LogP contribution in [-0.4, -0.2) is 17.1 Å². The molecular formula is C9H17N3OS. The van der Waals surface area contributed by atoms with Crippen LogP contribution in [0.2, 0.25) is 0 Å². The third-order valence-corrected chi connectivity index (χ3v) is 2.98. The van der Waals surface area contributed by atoms with Gasteiger partial charge in [0.15, 0.2) is 0 Å². The number of carbonyl (C=O) groups is 1. The number of amides is 2. The number of thiocarbonyl (C=S) groups is 1. The molecule has 14 heavy (non-hydrogen) atoms. The lowest BCUT2D eigenvalue weighted by Crippen LogP contribution is -2.50. The topological polar surface area (TPSA) is 81.1 Å². The summed E-state index contributed by atoms with van der Waals surface area (Å²) in [5.41, 5.74) is 10.6. The summed E-state index contributed by atoms with van der Waals surface area (Å²) in [5, 5.41) is 2.62. The number of rotatable bonds is 3. The molecule has 5 N–H and O–H groups in total. The van der Waals surface area contributed by atoms with Gasteiger partial charge in [-0.25, -0.2) is 4.79 Å². The Hall–Kier alpha value is -0.840. The molecule has 1 aliphatic carbocycles. The first-order chi connectivity index (χ1) is 6.61. The maximum Gasteiger partial charge on any atom is 0.312 e. The summed E-state index contributed by atoms with van der Waals surface area (Å²) < 4.78 is 0. The Morgan fingerprint density at radius 2 is 1.86 bits per heavy atom. The number of carbonyl (C=O) groups excluding carboxylic acids is 1. The molecule has 0 aromatic rings. The lowest BCUT2D eigenvalue weighted by atomic mass is 9.84. The second-order valence-corrected chi connectivity index (χ2v) is 4.26. The van der Waals surface area contributed by atoms with Crippen LogP contribution in [0.25, 0.3) is 0 Å². The SMILES string of the molecule is NC(=O)NC(C(N)=S)C1CCCCC1. The molecule has 0 aromatic heterocycles. The highest BCUT2D eigenvalue weighted by Gasteiger charge is 2.26. The highest BCUT2D eigenvalue weighted by Crippen LogP contribution is 2.26. The van der Waals surface area contributed by atoms with E-state index in [1.54, 1.807) is 0 Å². The molecule has 0 heterocycles. The molecule has 80 valence electrons. The molecular weight excluding hydrogens is 198 g/mol. The van der Waals surface area contributed by atoms with Crippen molar-refractivity contribution in [3.63, 3.8) is 0 Å². The highest BCUT2D eigenvalue weighted by atomic mass is 32.1. The Bertz CT molecular complexity index is 226. The molecule has 1 atom stereocenters. The fraction of sp³-hybridized carbons (Fsp3) is 0.778. The number of primary amides is 1. The zero-order valence-electron chi connectivity index (χ0n) is 8.16. The molecule has 0 aromatic carbocycles.